The summed E-state index contributed by atoms with van der Waals surface area (Å²) in [5, 5.41) is 3.17. The van der Waals surface area contributed by atoms with Crippen molar-refractivity contribution in [2.75, 3.05) is 25.1 Å². The van der Waals surface area contributed by atoms with E-state index in [-0.39, 0.29) is 23.8 Å². The van der Waals surface area contributed by atoms with Crippen LogP contribution in [-0.2, 0) is 9.53 Å². The molecule has 0 saturated carbocycles. The minimum absolute atomic E-state index is 0.0308. The number of carbonyl (C=O) groups is 2. The van der Waals surface area contributed by atoms with E-state index in [4.69, 9.17) is 4.74 Å². The average Bonchev–Trinajstić information content (AvgIpc) is 2.78. The van der Waals surface area contributed by atoms with Gasteiger partial charge in [-0.2, -0.15) is 0 Å². The molecule has 1 heterocycles. The number of piperidine rings is 1. The summed E-state index contributed by atoms with van der Waals surface area (Å²) in [7, 11) is 1.36. The first-order valence-electron chi connectivity index (χ1n) is 10.3. The van der Waals surface area contributed by atoms with E-state index in [9.17, 15) is 9.59 Å². The van der Waals surface area contributed by atoms with Crippen molar-refractivity contribution in [1.29, 1.82) is 0 Å². The number of amides is 1. The fourth-order valence-electron chi connectivity index (χ4n) is 3.87. The molecule has 1 aliphatic heterocycles. The zero-order valence-electron chi connectivity index (χ0n) is 17.5. The maximum atomic E-state index is 12.9. The highest BCUT2D eigenvalue weighted by Gasteiger charge is 2.22. The minimum Gasteiger partial charge on any atom is -0.465 e. The van der Waals surface area contributed by atoms with Crippen LogP contribution >= 0.6 is 0 Å². The van der Waals surface area contributed by atoms with Gasteiger partial charge < -0.3 is 15.0 Å². The van der Waals surface area contributed by atoms with Gasteiger partial charge >= 0.3 is 5.97 Å². The average molecular weight is 395 g/mol. The van der Waals surface area contributed by atoms with Gasteiger partial charge in [-0.15, -0.1) is 0 Å². The monoisotopic (exact) mass is 394 g/mol. The van der Waals surface area contributed by atoms with E-state index < -0.39 is 0 Å². The maximum Gasteiger partial charge on any atom is 0.337 e. The lowest BCUT2D eigenvalue weighted by atomic mass is 9.97. The Morgan fingerprint density at radius 3 is 2.28 bits per heavy atom. The van der Waals surface area contributed by atoms with Crippen molar-refractivity contribution in [2.45, 2.75) is 45.1 Å². The van der Waals surface area contributed by atoms with Gasteiger partial charge in [-0.25, -0.2) is 4.79 Å². The van der Waals surface area contributed by atoms with Crippen LogP contribution in [0.25, 0.3) is 0 Å². The van der Waals surface area contributed by atoms with Gasteiger partial charge in [0.1, 0.15) is 0 Å². The zero-order chi connectivity index (χ0) is 20.8. The first-order chi connectivity index (χ1) is 14.0. The van der Waals surface area contributed by atoms with Crippen LogP contribution in [-0.4, -0.2) is 32.1 Å². The topological polar surface area (TPSA) is 58.6 Å². The van der Waals surface area contributed by atoms with E-state index >= 15 is 0 Å². The number of nitrogens with zero attached hydrogens (tertiary/aromatic N) is 1. The molecule has 1 amide bonds. The van der Waals surface area contributed by atoms with E-state index in [0.717, 1.165) is 24.2 Å². The third-order valence-corrected chi connectivity index (χ3v) is 5.68. The minimum atomic E-state index is -0.378. The second-order valence-electron chi connectivity index (χ2n) is 7.67. The zero-order valence-corrected chi connectivity index (χ0v) is 17.5. The van der Waals surface area contributed by atoms with Gasteiger partial charge in [-0.05, 0) is 62.4 Å². The van der Waals surface area contributed by atoms with Gasteiger partial charge in [0.25, 0.3) is 0 Å². The van der Waals surface area contributed by atoms with Crippen molar-refractivity contribution >= 4 is 17.6 Å². The van der Waals surface area contributed by atoms with Crippen molar-refractivity contribution in [3.63, 3.8) is 0 Å². The fourth-order valence-corrected chi connectivity index (χ4v) is 3.87. The summed E-state index contributed by atoms with van der Waals surface area (Å²) < 4.78 is 4.72. The number of para-hydroxylation sites is 1. The summed E-state index contributed by atoms with van der Waals surface area (Å²) in [6.07, 6.45) is 3.72. The molecule has 2 atom stereocenters. The van der Waals surface area contributed by atoms with Crippen LogP contribution in [0.3, 0.4) is 0 Å². The Kier molecular flexibility index (Phi) is 6.91. The Bertz CT molecular complexity index is 841. The maximum absolute atomic E-state index is 12.9. The van der Waals surface area contributed by atoms with Crippen molar-refractivity contribution < 1.29 is 14.3 Å². The van der Waals surface area contributed by atoms with Crippen LogP contribution < -0.4 is 10.2 Å². The lowest BCUT2D eigenvalue weighted by molar-refractivity contribution is -0.122. The molecule has 0 radical (unpaired) electrons. The van der Waals surface area contributed by atoms with E-state index in [1.807, 2.05) is 32.0 Å². The van der Waals surface area contributed by atoms with Gasteiger partial charge in [0.2, 0.25) is 5.91 Å². The smallest absolute Gasteiger partial charge is 0.337 e. The molecule has 1 N–H and O–H groups in total. The molecule has 3 rings (SSSR count). The molecule has 5 nitrogen and oxygen atoms in total. The predicted octanol–water partition coefficient (Wildman–Crippen LogP) is 4.44. The van der Waals surface area contributed by atoms with Crippen LogP contribution in [0.4, 0.5) is 5.69 Å². The summed E-state index contributed by atoms with van der Waals surface area (Å²) in [6, 6.07) is 15.3. The molecular weight excluding hydrogens is 364 g/mol. The van der Waals surface area contributed by atoms with E-state index in [2.05, 4.69) is 28.4 Å². The van der Waals surface area contributed by atoms with Crippen molar-refractivity contribution in [2.24, 2.45) is 0 Å². The van der Waals surface area contributed by atoms with Crippen LogP contribution in [0.5, 0.6) is 0 Å². The van der Waals surface area contributed by atoms with Crippen LogP contribution in [0.2, 0.25) is 0 Å². The highest BCUT2D eigenvalue weighted by atomic mass is 16.5. The largest absolute Gasteiger partial charge is 0.465 e. The Morgan fingerprint density at radius 1 is 0.966 bits per heavy atom. The molecule has 1 fully saturated rings. The SMILES string of the molecule is COC(=O)c1ccc(C(C)C(=O)NC(C)c2ccccc2N2CCCCC2)cc1. The van der Waals surface area contributed by atoms with Crippen molar-refractivity contribution in [3.05, 3.63) is 65.2 Å². The van der Waals surface area contributed by atoms with Crippen LogP contribution in [0.1, 0.15) is 66.6 Å². The number of methoxy groups -OCH3 is 1. The molecule has 2 aromatic carbocycles. The molecule has 154 valence electrons. The number of carbonyl (C=O) groups excluding carboxylic acids is 2. The van der Waals surface area contributed by atoms with E-state index in [1.54, 1.807) is 12.1 Å². The highest BCUT2D eigenvalue weighted by molar-refractivity contribution is 5.90. The summed E-state index contributed by atoms with van der Waals surface area (Å²) in [5.74, 6) is -0.723. The molecule has 0 spiro atoms. The molecule has 2 unspecified atom stereocenters. The lowest BCUT2D eigenvalue weighted by Gasteiger charge is -2.32. The Morgan fingerprint density at radius 2 is 1.62 bits per heavy atom. The Hall–Kier alpha value is -2.82. The van der Waals surface area contributed by atoms with Crippen LogP contribution in [0.15, 0.2) is 48.5 Å². The van der Waals surface area contributed by atoms with Gasteiger partial charge in [0, 0.05) is 18.8 Å². The number of rotatable bonds is 6. The number of hydrogen-bond donors (Lipinski definition) is 1. The first kappa shape index (κ1) is 20.9. The molecule has 2 aromatic rings. The number of benzene rings is 2. The molecule has 1 saturated heterocycles. The Labute approximate surface area is 173 Å². The predicted molar refractivity (Wildman–Crippen MR) is 115 cm³/mol. The number of ether oxygens (including phenoxy) is 1. The lowest BCUT2D eigenvalue weighted by Crippen LogP contribution is -2.34. The summed E-state index contributed by atoms with van der Waals surface area (Å²) in [6.45, 7) is 6.06. The number of hydrogen-bond acceptors (Lipinski definition) is 4. The highest BCUT2D eigenvalue weighted by Crippen LogP contribution is 2.29. The molecular formula is C24H30N2O3. The molecule has 0 aliphatic carbocycles. The summed E-state index contributed by atoms with van der Waals surface area (Å²) in [4.78, 5) is 26.9. The van der Waals surface area contributed by atoms with Crippen molar-refractivity contribution in [3.8, 4) is 0 Å². The molecule has 0 bridgehead atoms. The summed E-state index contributed by atoms with van der Waals surface area (Å²) >= 11 is 0. The summed E-state index contributed by atoms with van der Waals surface area (Å²) in [5.41, 5.74) is 3.71. The first-order valence-corrected chi connectivity index (χ1v) is 10.3. The molecule has 0 aromatic heterocycles. The third-order valence-electron chi connectivity index (χ3n) is 5.68. The number of esters is 1. The standard InChI is InChI=1S/C24H30N2O3/c1-17(19-11-13-20(14-12-19)24(28)29-3)23(27)25-18(2)21-9-5-6-10-22(21)26-15-7-4-8-16-26/h5-6,9-14,17-18H,4,7-8,15-16H2,1-3H3,(H,25,27). The normalized spacial score (nSPS) is 16.0. The molecule has 29 heavy (non-hydrogen) atoms. The van der Waals surface area contributed by atoms with Crippen LogP contribution in [0, 0.1) is 0 Å². The quantitative estimate of drug-likeness (QED) is 0.736. The second-order valence-corrected chi connectivity index (χ2v) is 7.67. The number of anilines is 1. The molecule has 5 heteroatoms. The Balaban J connectivity index is 1.69. The fraction of sp³-hybridized carbons (Fsp3) is 0.417. The van der Waals surface area contributed by atoms with Gasteiger partial charge in [0.05, 0.1) is 24.6 Å². The second kappa shape index (κ2) is 9.59. The van der Waals surface area contributed by atoms with E-state index in [0.29, 0.717) is 5.56 Å². The van der Waals surface area contributed by atoms with Gasteiger partial charge in [-0.1, -0.05) is 30.3 Å². The van der Waals surface area contributed by atoms with Gasteiger partial charge in [-0.3, -0.25) is 4.79 Å². The number of nitrogens with one attached hydrogen (secondary N) is 1. The molecule has 1 aliphatic rings. The van der Waals surface area contributed by atoms with E-state index in [1.165, 1.54) is 32.1 Å². The van der Waals surface area contributed by atoms with Gasteiger partial charge in [0.15, 0.2) is 0 Å². The third kappa shape index (κ3) is 4.97. The van der Waals surface area contributed by atoms with Crippen molar-refractivity contribution in [1.82, 2.24) is 5.32 Å².